The van der Waals surface area contributed by atoms with Gasteiger partial charge in [-0.15, -0.1) is 0 Å². The van der Waals surface area contributed by atoms with Crippen molar-refractivity contribution in [1.82, 2.24) is 10.3 Å². The minimum atomic E-state index is -0.185. The topological polar surface area (TPSA) is 80.4 Å². The number of aromatic nitrogens is 1. The maximum atomic E-state index is 12.4. The normalized spacial score (nSPS) is 12.8. The van der Waals surface area contributed by atoms with Crippen molar-refractivity contribution in [2.24, 2.45) is 0 Å². The first-order valence-electron chi connectivity index (χ1n) is 9.36. The molecule has 1 aliphatic rings. The Bertz CT molecular complexity index is 1070. The number of hydrogen-bond acceptors (Lipinski definition) is 4. The van der Waals surface area contributed by atoms with E-state index in [4.69, 9.17) is 9.47 Å². The SMILES string of the molecule is Cc1ccc(CNC(=O)CCc2cc3cc4c(cc3[nH]c2=O)OCCO4)cc1. The second-order valence-corrected chi connectivity index (χ2v) is 6.97. The van der Waals surface area contributed by atoms with Crippen molar-refractivity contribution < 1.29 is 14.3 Å². The lowest BCUT2D eigenvalue weighted by Crippen LogP contribution is -2.24. The number of aryl methyl sites for hydroxylation is 2. The Hall–Kier alpha value is -3.28. The van der Waals surface area contributed by atoms with E-state index in [1.54, 1.807) is 6.07 Å². The summed E-state index contributed by atoms with van der Waals surface area (Å²) in [5, 5.41) is 3.76. The molecule has 1 aromatic heterocycles. The molecule has 1 aliphatic heterocycles. The van der Waals surface area contributed by atoms with Crippen LogP contribution < -0.4 is 20.3 Å². The van der Waals surface area contributed by atoms with Gasteiger partial charge in [0.15, 0.2) is 11.5 Å². The largest absolute Gasteiger partial charge is 0.486 e. The maximum absolute atomic E-state index is 12.4. The highest BCUT2D eigenvalue weighted by atomic mass is 16.6. The van der Waals surface area contributed by atoms with E-state index in [9.17, 15) is 9.59 Å². The molecule has 144 valence electrons. The highest BCUT2D eigenvalue weighted by molar-refractivity contribution is 5.83. The molecule has 0 atom stereocenters. The van der Waals surface area contributed by atoms with Gasteiger partial charge in [0.2, 0.25) is 5.91 Å². The fourth-order valence-electron chi connectivity index (χ4n) is 3.22. The molecule has 0 fully saturated rings. The molecule has 6 heteroatoms. The summed E-state index contributed by atoms with van der Waals surface area (Å²) in [4.78, 5) is 27.4. The summed E-state index contributed by atoms with van der Waals surface area (Å²) in [6, 6.07) is 13.5. The zero-order valence-corrected chi connectivity index (χ0v) is 15.7. The fraction of sp³-hybridized carbons (Fsp3) is 0.273. The number of H-pyrrole nitrogens is 1. The lowest BCUT2D eigenvalue weighted by Gasteiger charge is -2.18. The number of rotatable bonds is 5. The molecule has 28 heavy (non-hydrogen) atoms. The van der Waals surface area contributed by atoms with Gasteiger partial charge in [0.1, 0.15) is 13.2 Å². The van der Waals surface area contributed by atoms with Gasteiger partial charge in [-0.2, -0.15) is 0 Å². The number of carbonyl (C=O) groups excluding carboxylic acids is 1. The van der Waals surface area contributed by atoms with Crippen molar-refractivity contribution in [3.05, 3.63) is 69.5 Å². The molecular formula is C22H22N2O4. The summed E-state index contributed by atoms with van der Waals surface area (Å²) >= 11 is 0. The predicted octanol–water partition coefficient (Wildman–Crippen LogP) is 2.86. The maximum Gasteiger partial charge on any atom is 0.251 e. The lowest BCUT2D eigenvalue weighted by atomic mass is 10.1. The van der Waals surface area contributed by atoms with Crippen LogP contribution in [0.5, 0.6) is 11.5 Å². The first kappa shape index (κ1) is 18.1. The first-order chi connectivity index (χ1) is 13.6. The fourth-order valence-corrected chi connectivity index (χ4v) is 3.22. The second kappa shape index (κ2) is 7.76. The van der Waals surface area contributed by atoms with E-state index in [0.717, 1.165) is 10.9 Å². The number of carbonyl (C=O) groups is 1. The van der Waals surface area contributed by atoms with Crippen LogP contribution in [0.25, 0.3) is 10.9 Å². The predicted molar refractivity (Wildman–Crippen MR) is 107 cm³/mol. The highest BCUT2D eigenvalue weighted by Crippen LogP contribution is 2.33. The molecule has 0 aliphatic carbocycles. The summed E-state index contributed by atoms with van der Waals surface area (Å²) in [6.45, 7) is 3.52. The Morgan fingerprint density at radius 2 is 1.79 bits per heavy atom. The Kier molecular flexibility index (Phi) is 5.02. The number of fused-ring (bicyclic) bond motifs is 2. The van der Waals surface area contributed by atoms with Crippen molar-refractivity contribution >= 4 is 16.8 Å². The van der Waals surface area contributed by atoms with E-state index < -0.39 is 0 Å². The van der Waals surface area contributed by atoms with Gasteiger partial charge >= 0.3 is 0 Å². The van der Waals surface area contributed by atoms with Crippen molar-refractivity contribution in [2.75, 3.05) is 13.2 Å². The van der Waals surface area contributed by atoms with Gasteiger partial charge < -0.3 is 19.8 Å². The molecule has 6 nitrogen and oxygen atoms in total. The van der Waals surface area contributed by atoms with Crippen LogP contribution in [0.2, 0.25) is 0 Å². The van der Waals surface area contributed by atoms with Crippen LogP contribution in [0, 0.1) is 6.92 Å². The number of pyridine rings is 1. The molecule has 2 aromatic carbocycles. The molecule has 0 spiro atoms. The zero-order valence-electron chi connectivity index (χ0n) is 15.7. The number of amides is 1. The van der Waals surface area contributed by atoms with Gasteiger partial charge in [-0.05, 0) is 31.0 Å². The summed E-state index contributed by atoms with van der Waals surface area (Å²) in [6.07, 6.45) is 0.629. The molecule has 2 N–H and O–H groups in total. The van der Waals surface area contributed by atoms with Crippen LogP contribution >= 0.6 is 0 Å². The Balaban J connectivity index is 1.42. The summed E-state index contributed by atoms with van der Waals surface area (Å²) in [7, 11) is 0. The van der Waals surface area contributed by atoms with Crippen molar-refractivity contribution in [3.8, 4) is 11.5 Å². The molecule has 0 saturated heterocycles. The minimum Gasteiger partial charge on any atom is -0.486 e. The van der Waals surface area contributed by atoms with Crippen LogP contribution in [0.15, 0.2) is 47.3 Å². The van der Waals surface area contributed by atoms with Crippen LogP contribution in [-0.4, -0.2) is 24.1 Å². The third kappa shape index (κ3) is 4.01. The Morgan fingerprint density at radius 1 is 1.07 bits per heavy atom. The number of ether oxygens (including phenoxy) is 2. The first-order valence-corrected chi connectivity index (χ1v) is 9.36. The average Bonchev–Trinajstić information content (AvgIpc) is 2.70. The van der Waals surface area contributed by atoms with Crippen LogP contribution in [0.3, 0.4) is 0 Å². The molecule has 0 radical (unpaired) electrons. The Morgan fingerprint density at radius 3 is 2.54 bits per heavy atom. The molecule has 4 rings (SSSR count). The van der Waals surface area contributed by atoms with Crippen LogP contribution in [0.1, 0.15) is 23.1 Å². The van der Waals surface area contributed by atoms with Gasteiger partial charge in [-0.25, -0.2) is 0 Å². The molecule has 3 aromatic rings. The summed E-state index contributed by atoms with van der Waals surface area (Å²) in [5.74, 6) is 1.23. The lowest BCUT2D eigenvalue weighted by molar-refractivity contribution is -0.121. The monoisotopic (exact) mass is 378 g/mol. The van der Waals surface area contributed by atoms with E-state index in [0.29, 0.717) is 48.8 Å². The standard InChI is InChI=1S/C22H22N2O4/c1-14-2-4-15(5-3-14)13-23-21(25)7-6-16-10-17-11-19-20(28-9-8-27-19)12-18(17)24-22(16)26/h2-5,10-12H,6-9,13H2,1H3,(H,23,25)(H,24,26). The highest BCUT2D eigenvalue weighted by Gasteiger charge is 2.14. The number of aromatic amines is 1. The van der Waals surface area contributed by atoms with Gasteiger partial charge in [0, 0.05) is 30.0 Å². The average molecular weight is 378 g/mol. The van der Waals surface area contributed by atoms with Crippen molar-refractivity contribution in [3.63, 3.8) is 0 Å². The van der Waals surface area contributed by atoms with E-state index in [1.165, 1.54) is 5.56 Å². The second-order valence-electron chi connectivity index (χ2n) is 6.97. The van der Waals surface area contributed by atoms with Gasteiger partial charge in [0.25, 0.3) is 5.56 Å². The minimum absolute atomic E-state index is 0.0813. The molecule has 0 saturated carbocycles. The molecule has 0 unspecified atom stereocenters. The molecule has 1 amide bonds. The zero-order chi connectivity index (χ0) is 19.5. The third-order valence-corrected chi connectivity index (χ3v) is 4.82. The van der Waals surface area contributed by atoms with E-state index >= 15 is 0 Å². The van der Waals surface area contributed by atoms with Crippen LogP contribution in [0.4, 0.5) is 0 Å². The summed E-state index contributed by atoms with van der Waals surface area (Å²) < 4.78 is 11.2. The molecular weight excluding hydrogens is 356 g/mol. The van der Waals surface area contributed by atoms with Gasteiger partial charge in [-0.3, -0.25) is 9.59 Å². The van der Waals surface area contributed by atoms with E-state index in [-0.39, 0.29) is 17.9 Å². The Labute approximate surface area is 162 Å². The van der Waals surface area contributed by atoms with E-state index in [2.05, 4.69) is 10.3 Å². The van der Waals surface area contributed by atoms with Crippen molar-refractivity contribution in [1.29, 1.82) is 0 Å². The molecule has 2 heterocycles. The number of nitrogens with one attached hydrogen (secondary N) is 2. The molecule has 0 bridgehead atoms. The number of hydrogen-bond donors (Lipinski definition) is 2. The summed E-state index contributed by atoms with van der Waals surface area (Å²) in [5.41, 5.74) is 3.32. The van der Waals surface area contributed by atoms with Crippen molar-refractivity contribution in [2.45, 2.75) is 26.3 Å². The van der Waals surface area contributed by atoms with E-state index in [1.807, 2.05) is 43.3 Å². The van der Waals surface area contributed by atoms with Gasteiger partial charge in [0.05, 0.1) is 5.52 Å². The van der Waals surface area contributed by atoms with Gasteiger partial charge in [-0.1, -0.05) is 29.8 Å². The quantitative estimate of drug-likeness (QED) is 0.715. The third-order valence-electron chi connectivity index (χ3n) is 4.82. The van der Waals surface area contributed by atoms with Crippen LogP contribution in [-0.2, 0) is 17.8 Å². The smallest absolute Gasteiger partial charge is 0.251 e. The number of benzene rings is 2.